The lowest BCUT2D eigenvalue weighted by Gasteiger charge is -2.19. The fraction of sp³-hybridized carbons (Fsp3) is 0.750. The second kappa shape index (κ2) is 3.85. The number of hydrogen-bond acceptors (Lipinski definition) is 5. The van der Waals surface area contributed by atoms with Crippen LogP contribution >= 0.6 is 0 Å². The monoisotopic (exact) mass is 185 g/mol. The zero-order valence-electron chi connectivity index (χ0n) is 8.20. The van der Waals surface area contributed by atoms with Crippen LogP contribution in [0.1, 0.15) is 32.5 Å². The highest BCUT2D eigenvalue weighted by atomic mass is 16.5. The maximum atomic E-state index is 5.45. The molecule has 0 spiro atoms. The zero-order valence-corrected chi connectivity index (χ0v) is 8.20. The Hall–Kier alpha value is -0.940. The van der Waals surface area contributed by atoms with Crippen molar-refractivity contribution in [2.75, 3.05) is 6.61 Å². The fourth-order valence-electron chi connectivity index (χ4n) is 1.01. The van der Waals surface area contributed by atoms with Crippen LogP contribution in [0.4, 0.5) is 0 Å². The molecule has 74 valence electrons. The molecule has 2 N–H and O–H groups in total. The third kappa shape index (κ3) is 2.26. The van der Waals surface area contributed by atoms with Gasteiger partial charge in [-0.05, 0) is 20.8 Å². The van der Waals surface area contributed by atoms with E-state index in [0.717, 1.165) is 0 Å². The zero-order chi connectivity index (χ0) is 9.90. The van der Waals surface area contributed by atoms with Crippen LogP contribution in [0.15, 0.2) is 4.52 Å². The van der Waals surface area contributed by atoms with E-state index in [-0.39, 0.29) is 6.54 Å². The molecule has 0 saturated carbocycles. The minimum absolute atomic E-state index is 0.259. The summed E-state index contributed by atoms with van der Waals surface area (Å²) in [4.78, 5) is 4.09. The van der Waals surface area contributed by atoms with E-state index in [0.29, 0.717) is 18.3 Å². The first kappa shape index (κ1) is 10.1. The van der Waals surface area contributed by atoms with Gasteiger partial charge in [-0.3, -0.25) is 0 Å². The highest BCUT2D eigenvalue weighted by molar-refractivity contribution is 4.96. The number of ether oxygens (including phenoxy) is 1. The minimum atomic E-state index is -0.508. The van der Waals surface area contributed by atoms with Crippen molar-refractivity contribution in [3.63, 3.8) is 0 Å². The van der Waals surface area contributed by atoms with Crippen molar-refractivity contribution in [2.24, 2.45) is 5.73 Å². The van der Waals surface area contributed by atoms with Gasteiger partial charge in [0.25, 0.3) is 0 Å². The lowest BCUT2D eigenvalue weighted by Crippen LogP contribution is -2.23. The van der Waals surface area contributed by atoms with E-state index in [1.807, 2.05) is 20.8 Å². The van der Waals surface area contributed by atoms with Gasteiger partial charge >= 0.3 is 0 Å². The molecule has 0 aliphatic carbocycles. The second-order valence-electron chi connectivity index (χ2n) is 3.16. The van der Waals surface area contributed by atoms with Gasteiger partial charge in [0.05, 0.1) is 6.54 Å². The predicted molar refractivity (Wildman–Crippen MR) is 46.8 cm³/mol. The SMILES string of the molecule is CCOC(C)(C)c1noc(CN)n1. The van der Waals surface area contributed by atoms with Crippen LogP contribution in [0.3, 0.4) is 0 Å². The quantitative estimate of drug-likeness (QED) is 0.751. The average Bonchev–Trinajstić information content (AvgIpc) is 2.52. The molecule has 0 bridgehead atoms. The molecule has 0 unspecified atom stereocenters. The molecule has 1 aromatic heterocycles. The van der Waals surface area contributed by atoms with E-state index in [2.05, 4.69) is 10.1 Å². The third-order valence-electron chi connectivity index (χ3n) is 1.69. The largest absolute Gasteiger partial charge is 0.368 e. The number of hydrogen-bond donors (Lipinski definition) is 1. The molecule has 0 atom stereocenters. The summed E-state index contributed by atoms with van der Waals surface area (Å²) in [6.45, 7) is 6.57. The fourth-order valence-corrected chi connectivity index (χ4v) is 1.01. The maximum absolute atomic E-state index is 5.45. The summed E-state index contributed by atoms with van der Waals surface area (Å²) < 4.78 is 10.3. The van der Waals surface area contributed by atoms with Gasteiger partial charge in [0.2, 0.25) is 11.7 Å². The van der Waals surface area contributed by atoms with Gasteiger partial charge in [-0.1, -0.05) is 5.16 Å². The minimum Gasteiger partial charge on any atom is -0.368 e. The smallest absolute Gasteiger partial charge is 0.240 e. The molecule has 0 fully saturated rings. The Morgan fingerprint density at radius 1 is 1.54 bits per heavy atom. The summed E-state index contributed by atoms with van der Waals surface area (Å²) in [6, 6.07) is 0. The van der Waals surface area contributed by atoms with Crippen LogP contribution in [-0.2, 0) is 16.9 Å². The van der Waals surface area contributed by atoms with Crippen molar-refractivity contribution >= 4 is 0 Å². The van der Waals surface area contributed by atoms with E-state index in [1.165, 1.54) is 0 Å². The molecule has 1 aromatic rings. The van der Waals surface area contributed by atoms with Crippen LogP contribution in [0, 0.1) is 0 Å². The van der Waals surface area contributed by atoms with Gasteiger partial charge in [-0.2, -0.15) is 4.98 Å². The third-order valence-corrected chi connectivity index (χ3v) is 1.69. The van der Waals surface area contributed by atoms with Crippen LogP contribution in [-0.4, -0.2) is 16.7 Å². The van der Waals surface area contributed by atoms with E-state index in [9.17, 15) is 0 Å². The highest BCUT2D eigenvalue weighted by Crippen LogP contribution is 2.21. The van der Waals surface area contributed by atoms with Gasteiger partial charge < -0.3 is 15.0 Å². The highest BCUT2D eigenvalue weighted by Gasteiger charge is 2.26. The normalized spacial score (nSPS) is 12.0. The lowest BCUT2D eigenvalue weighted by atomic mass is 10.1. The summed E-state index contributed by atoms with van der Waals surface area (Å²) in [7, 11) is 0. The molecule has 0 radical (unpaired) electrons. The van der Waals surface area contributed by atoms with Crippen molar-refractivity contribution in [1.29, 1.82) is 0 Å². The second-order valence-corrected chi connectivity index (χ2v) is 3.16. The number of rotatable bonds is 4. The van der Waals surface area contributed by atoms with Crippen molar-refractivity contribution < 1.29 is 9.26 Å². The van der Waals surface area contributed by atoms with Crippen LogP contribution in [0.5, 0.6) is 0 Å². The van der Waals surface area contributed by atoms with Crippen molar-refractivity contribution in [2.45, 2.75) is 32.9 Å². The molecule has 0 aromatic carbocycles. The van der Waals surface area contributed by atoms with Crippen molar-refractivity contribution in [3.05, 3.63) is 11.7 Å². The Balaban J connectivity index is 2.80. The summed E-state index contributed by atoms with van der Waals surface area (Å²) in [5, 5.41) is 3.79. The summed E-state index contributed by atoms with van der Waals surface area (Å²) >= 11 is 0. The first-order valence-corrected chi connectivity index (χ1v) is 4.27. The van der Waals surface area contributed by atoms with Gasteiger partial charge in [-0.25, -0.2) is 0 Å². The van der Waals surface area contributed by atoms with Crippen LogP contribution in [0.2, 0.25) is 0 Å². The molecule has 1 heterocycles. The molecular formula is C8H15N3O2. The summed E-state index contributed by atoms with van der Waals surface area (Å²) in [5.74, 6) is 0.970. The standard InChI is InChI=1S/C8H15N3O2/c1-4-12-8(2,3)7-10-6(5-9)13-11-7/h4-5,9H2,1-3H3. The van der Waals surface area contributed by atoms with Crippen LogP contribution < -0.4 is 5.73 Å². The molecule has 5 nitrogen and oxygen atoms in total. The molecule has 5 heteroatoms. The van der Waals surface area contributed by atoms with Crippen LogP contribution in [0.25, 0.3) is 0 Å². The molecule has 0 amide bonds. The number of aromatic nitrogens is 2. The molecule has 0 saturated heterocycles. The summed E-state index contributed by atoms with van der Waals surface area (Å²) in [5.41, 5.74) is 4.84. The molecule has 1 rings (SSSR count). The van der Waals surface area contributed by atoms with E-state index in [4.69, 9.17) is 15.0 Å². The Morgan fingerprint density at radius 2 is 2.23 bits per heavy atom. The molecule has 13 heavy (non-hydrogen) atoms. The lowest BCUT2D eigenvalue weighted by molar-refractivity contribution is -0.0221. The van der Waals surface area contributed by atoms with Crippen molar-refractivity contribution in [1.82, 2.24) is 10.1 Å². The Morgan fingerprint density at radius 3 is 2.69 bits per heavy atom. The molecular weight excluding hydrogens is 170 g/mol. The van der Waals surface area contributed by atoms with Gasteiger partial charge in [0.15, 0.2) is 0 Å². The first-order chi connectivity index (χ1) is 6.10. The van der Waals surface area contributed by atoms with E-state index in [1.54, 1.807) is 0 Å². The Labute approximate surface area is 77.3 Å². The van der Waals surface area contributed by atoms with Gasteiger partial charge in [0.1, 0.15) is 5.60 Å². The average molecular weight is 185 g/mol. The molecule has 0 aliphatic heterocycles. The topological polar surface area (TPSA) is 74.2 Å². The first-order valence-electron chi connectivity index (χ1n) is 4.27. The van der Waals surface area contributed by atoms with E-state index < -0.39 is 5.60 Å². The Bertz CT molecular complexity index is 270. The predicted octanol–water partition coefficient (Wildman–Crippen LogP) is 0.800. The summed E-state index contributed by atoms with van der Waals surface area (Å²) in [6.07, 6.45) is 0. The molecule has 0 aliphatic rings. The Kier molecular flexibility index (Phi) is 3.00. The van der Waals surface area contributed by atoms with Gasteiger partial charge in [-0.15, -0.1) is 0 Å². The number of nitrogens with two attached hydrogens (primary N) is 1. The van der Waals surface area contributed by atoms with Crippen molar-refractivity contribution in [3.8, 4) is 0 Å². The van der Waals surface area contributed by atoms with E-state index >= 15 is 0 Å². The number of nitrogens with zero attached hydrogens (tertiary/aromatic N) is 2. The maximum Gasteiger partial charge on any atom is 0.240 e. The van der Waals surface area contributed by atoms with Gasteiger partial charge in [0, 0.05) is 6.61 Å².